The molecule has 3 heteroatoms. The minimum atomic E-state index is 0. The first-order valence-corrected chi connectivity index (χ1v) is 3.94. The van der Waals surface area contributed by atoms with Gasteiger partial charge in [0.05, 0.1) is 0 Å². The number of allylic oxidation sites excluding steroid dienone is 2. The van der Waals surface area contributed by atoms with E-state index in [0.717, 1.165) is 11.1 Å². The lowest BCUT2D eigenvalue weighted by Gasteiger charge is -2.11. The summed E-state index contributed by atoms with van der Waals surface area (Å²) in [6.45, 7) is 2.01. The molecule has 66 valence electrons. The maximum atomic E-state index is 11.3. The fraction of sp³-hybridized carbons (Fsp3) is 0.200. The molecule has 0 aliphatic heterocycles. The maximum absolute atomic E-state index is 11.3. The topological polar surface area (TPSA) is 30.0 Å². The molecular formula is C10H12AlNO. The summed E-state index contributed by atoms with van der Waals surface area (Å²) < 4.78 is 0. The van der Waals surface area contributed by atoms with E-state index in [9.17, 15) is 4.79 Å². The molecule has 0 bridgehead atoms. The number of carbonyl (C=O) groups excluding carboxylic acids is 1. The molecular weight excluding hydrogens is 177 g/mol. The van der Waals surface area contributed by atoms with Crippen molar-refractivity contribution in [2.75, 3.05) is 0 Å². The third kappa shape index (κ3) is 1.72. The lowest BCUT2D eigenvalue weighted by molar-refractivity contribution is 0.0989. The van der Waals surface area contributed by atoms with Gasteiger partial charge >= 0.3 is 0 Å². The van der Waals surface area contributed by atoms with E-state index in [0.29, 0.717) is 12.1 Å². The molecule has 0 saturated carbocycles. The number of hydrogen-bond donors (Lipinski definition) is 0. The first kappa shape index (κ1) is 10.2. The van der Waals surface area contributed by atoms with Gasteiger partial charge in [0.1, 0.15) is 5.69 Å². The lowest BCUT2D eigenvalue weighted by atomic mass is 9.95. The van der Waals surface area contributed by atoms with Crippen LogP contribution in [-0.4, -0.2) is 28.1 Å². The molecule has 2 rings (SSSR count). The molecule has 0 aromatic carbocycles. The summed E-state index contributed by atoms with van der Waals surface area (Å²) in [6, 6.07) is 3.79. The summed E-state index contributed by atoms with van der Waals surface area (Å²) in [5.74, 6) is 0.121. The minimum absolute atomic E-state index is 0. The highest BCUT2D eigenvalue weighted by atomic mass is 27.0. The molecule has 1 aliphatic rings. The monoisotopic (exact) mass is 189 g/mol. The first-order chi connectivity index (χ1) is 5.79. The molecule has 1 aliphatic carbocycles. The first-order valence-electron chi connectivity index (χ1n) is 3.94. The number of rotatable bonds is 0. The van der Waals surface area contributed by atoms with Crippen LogP contribution in [0.3, 0.4) is 0 Å². The largest absolute Gasteiger partial charge is 0.292 e. The third-order valence-corrected chi connectivity index (χ3v) is 2.09. The van der Waals surface area contributed by atoms with Gasteiger partial charge in [0, 0.05) is 18.2 Å². The summed E-state index contributed by atoms with van der Waals surface area (Å²) >= 11 is 0. The Morgan fingerprint density at radius 3 is 2.92 bits per heavy atom. The van der Waals surface area contributed by atoms with Gasteiger partial charge in [-0.15, -0.1) is 0 Å². The smallest absolute Gasteiger partial charge is 0.187 e. The molecule has 0 N–H and O–H groups in total. The summed E-state index contributed by atoms with van der Waals surface area (Å²) in [7, 11) is 0. The second-order valence-corrected chi connectivity index (χ2v) is 2.91. The van der Waals surface area contributed by atoms with Gasteiger partial charge in [-0.25, -0.2) is 0 Å². The van der Waals surface area contributed by atoms with Gasteiger partial charge in [-0.05, 0) is 18.6 Å². The van der Waals surface area contributed by atoms with Crippen LogP contribution in [0.25, 0.3) is 5.57 Å². The molecule has 13 heavy (non-hydrogen) atoms. The van der Waals surface area contributed by atoms with Crippen molar-refractivity contribution in [3.8, 4) is 0 Å². The number of carbonyl (C=O) groups is 1. The molecule has 1 heterocycles. The minimum Gasteiger partial charge on any atom is -0.292 e. The predicted octanol–water partition coefficient (Wildman–Crippen LogP) is 0.887. The maximum Gasteiger partial charge on any atom is 0.187 e. The highest BCUT2D eigenvalue weighted by Crippen LogP contribution is 2.23. The molecule has 2 nitrogen and oxygen atoms in total. The number of ketones is 1. The van der Waals surface area contributed by atoms with Gasteiger partial charge in [-0.3, -0.25) is 9.78 Å². The molecule has 1 aromatic heterocycles. The van der Waals surface area contributed by atoms with Crippen LogP contribution in [0.4, 0.5) is 0 Å². The summed E-state index contributed by atoms with van der Waals surface area (Å²) in [4.78, 5) is 15.4. The predicted molar refractivity (Wildman–Crippen MR) is 56.8 cm³/mol. The summed E-state index contributed by atoms with van der Waals surface area (Å²) in [5.41, 5.74) is 2.75. The highest BCUT2D eigenvalue weighted by Gasteiger charge is 2.16. The second-order valence-electron chi connectivity index (χ2n) is 2.91. The second kappa shape index (κ2) is 3.87. The molecule has 0 unspecified atom stereocenters. The average molecular weight is 189 g/mol. The molecule has 0 spiro atoms. The molecule has 0 radical (unpaired) electrons. The number of fused-ring (bicyclic) bond motifs is 1. The zero-order valence-corrected chi connectivity index (χ0v) is 6.87. The summed E-state index contributed by atoms with van der Waals surface area (Å²) in [6.07, 6.45) is 4.11. The van der Waals surface area contributed by atoms with Gasteiger partial charge in [0.15, 0.2) is 23.1 Å². The number of Topliss-reactive ketones (excluding diaryl/α,β-unsaturated/α-hetero) is 1. The fourth-order valence-corrected chi connectivity index (χ4v) is 1.40. The van der Waals surface area contributed by atoms with Crippen molar-refractivity contribution >= 4 is 28.7 Å². The van der Waals surface area contributed by atoms with Crippen LogP contribution in [0.15, 0.2) is 24.4 Å². The average Bonchev–Trinajstić information content (AvgIpc) is 2.12. The Bertz CT molecular complexity index is 371. The number of aromatic nitrogens is 1. The summed E-state index contributed by atoms with van der Waals surface area (Å²) in [5, 5.41) is 0. The molecule has 1 aromatic rings. The Hall–Kier alpha value is -0.908. The highest BCUT2D eigenvalue weighted by molar-refractivity contribution is 6.02. The molecule has 0 saturated heterocycles. The van der Waals surface area contributed by atoms with E-state index >= 15 is 0 Å². The van der Waals surface area contributed by atoms with Gasteiger partial charge in [0.2, 0.25) is 0 Å². The lowest BCUT2D eigenvalue weighted by Crippen LogP contribution is -2.08. The van der Waals surface area contributed by atoms with Crippen molar-refractivity contribution in [3.05, 3.63) is 35.7 Å². The van der Waals surface area contributed by atoms with Crippen molar-refractivity contribution in [1.82, 2.24) is 4.98 Å². The van der Waals surface area contributed by atoms with Crippen LogP contribution in [0, 0.1) is 0 Å². The van der Waals surface area contributed by atoms with E-state index in [2.05, 4.69) is 4.98 Å². The van der Waals surface area contributed by atoms with E-state index in [1.165, 1.54) is 0 Å². The Labute approximate surface area is 87.8 Å². The van der Waals surface area contributed by atoms with E-state index in [1.54, 1.807) is 6.20 Å². The van der Waals surface area contributed by atoms with Gasteiger partial charge in [-0.1, -0.05) is 12.1 Å². The fourth-order valence-electron chi connectivity index (χ4n) is 1.40. The van der Waals surface area contributed by atoms with Crippen LogP contribution >= 0.6 is 0 Å². The van der Waals surface area contributed by atoms with Crippen molar-refractivity contribution < 1.29 is 4.79 Å². The van der Waals surface area contributed by atoms with Gasteiger partial charge < -0.3 is 0 Å². The number of nitrogens with zero attached hydrogens (tertiary/aromatic N) is 1. The van der Waals surface area contributed by atoms with E-state index in [1.807, 2.05) is 25.1 Å². The van der Waals surface area contributed by atoms with Crippen LogP contribution < -0.4 is 0 Å². The zero-order chi connectivity index (χ0) is 8.55. The Balaban J connectivity index is 0.000000845. The van der Waals surface area contributed by atoms with Crippen molar-refractivity contribution in [2.45, 2.75) is 13.3 Å². The zero-order valence-electron chi connectivity index (χ0n) is 6.87. The van der Waals surface area contributed by atoms with Crippen LogP contribution in [0.5, 0.6) is 0 Å². The van der Waals surface area contributed by atoms with Crippen LogP contribution in [0.1, 0.15) is 29.4 Å². The SMILES string of the molecule is CC1=CCC(=O)c2ncccc21.[AlH3]. The normalized spacial score (nSPS) is 14.2. The Morgan fingerprint density at radius 1 is 1.46 bits per heavy atom. The Morgan fingerprint density at radius 2 is 2.23 bits per heavy atom. The van der Waals surface area contributed by atoms with Crippen molar-refractivity contribution in [2.24, 2.45) is 0 Å². The quantitative estimate of drug-likeness (QED) is 0.567. The van der Waals surface area contributed by atoms with Gasteiger partial charge in [0.25, 0.3) is 0 Å². The van der Waals surface area contributed by atoms with Crippen molar-refractivity contribution in [3.63, 3.8) is 0 Å². The molecule has 0 amide bonds. The van der Waals surface area contributed by atoms with E-state index in [-0.39, 0.29) is 23.1 Å². The number of pyridine rings is 1. The van der Waals surface area contributed by atoms with E-state index in [4.69, 9.17) is 0 Å². The number of hydrogen-bond acceptors (Lipinski definition) is 2. The molecule has 0 atom stereocenters. The van der Waals surface area contributed by atoms with Gasteiger partial charge in [-0.2, -0.15) is 0 Å². The standard InChI is InChI=1S/C10H9NO.Al.3H/c1-7-4-5-9(12)10-8(7)3-2-6-11-10;;;;/h2-4,6H,5H2,1H3;;;;. The van der Waals surface area contributed by atoms with Crippen molar-refractivity contribution in [1.29, 1.82) is 0 Å². The van der Waals surface area contributed by atoms with Crippen LogP contribution in [-0.2, 0) is 0 Å². The van der Waals surface area contributed by atoms with E-state index < -0.39 is 0 Å². The van der Waals surface area contributed by atoms with Crippen LogP contribution in [0.2, 0.25) is 0 Å². The third-order valence-electron chi connectivity index (χ3n) is 2.09. The Kier molecular flexibility index (Phi) is 3.03. The molecule has 0 fully saturated rings.